The van der Waals surface area contributed by atoms with Gasteiger partial charge in [0, 0.05) is 21.9 Å². The van der Waals surface area contributed by atoms with Crippen LogP contribution in [0.25, 0.3) is 10.4 Å². The molecule has 120 valence electrons. The molecule has 1 aromatic heterocycles. The molecule has 1 saturated heterocycles. The van der Waals surface area contributed by atoms with E-state index in [1.807, 2.05) is 25.2 Å². The zero-order valence-electron chi connectivity index (χ0n) is 14.0. The molecule has 0 radical (unpaired) electrons. The van der Waals surface area contributed by atoms with Crippen LogP contribution in [-0.4, -0.2) is 31.1 Å². The molecule has 0 atom stereocenters. The number of aryl methyl sites for hydroxylation is 1. The van der Waals surface area contributed by atoms with Gasteiger partial charge in [0.15, 0.2) is 0 Å². The highest BCUT2D eigenvalue weighted by Crippen LogP contribution is 2.34. The highest BCUT2D eigenvalue weighted by Gasteiger charge is 2.12. The van der Waals surface area contributed by atoms with Crippen molar-refractivity contribution in [3.05, 3.63) is 41.3 Å². The van der Waals surface area contributed by atoms with Crippen molar-refractivity contribution < 1.29 is 4.74 Å². The SMILES string of the molecule is CC.Cc1ccc(-c2ccccc2OCCN2CCCC2)s1. The lowest BCUT2D eigenvalue weighted by Gasteiger charge is -2.16. The van der Waals surface area contributed by atoms with Crippen LogP contribution in [0.2, 0.25) is 0 Å². The summed E-state index contributed by atoms with van der Waals surface area (Å²) < 4.78 is 6.03. The van der Waals surface area contributed by atoms with E-state index in [4.69, 9.17) is 4.74 Å². The number of hydrogen-bond acceptors (Lipinski definition) is 3. The van der Waals surface area contributed by atoms with Crippen molar-refractivity contribution in [3.8, 4) is 16.2 Å². The van der Waals surface area contributed by atoms with Gasteiger partial charge in [-0.15, -0.1) is 11.3 Å². The molecule has 2 heterocycles. The number of benzene rings is 1. The Labute approximate surface area is 138 Å². The molecule has 1 aliphatic rings. The fourth-order valence-electron chi connectivity index (χ4n) is 2.67. The van der Waals surface area contributed by atoms with Crippen LogP contribution >= 0.6 is 11.3 Å². The van der Waals surface area contributed by atoms with Crippen molar-refractivity contribution in [3.63, 3.8) is 0 Å². The molecule has 0 unspecified atom stereocenters. The Morgan fingerprint density at radius 1 is 1.05 bits per heavy atom. The predicted molar refractivity (Wildman–Crippen MR) is 97.0 cm³/mol. The quantitative estimate of drug-likeness (QED) is 0.749. The van der Waals surface area contributed by atoms with Crippen LogP contribution in [0.5, 0.6) is 5.75 Å². The van der Waals surface area contributed by atoms with Crippen LogP contribution in [-0.2, 0) is 0 Å². The average Bonchev–Trinajstić information content (AvgIpc) is 3.22. The Kier molecular flexibility index (Phi) is 6.94. The lowest BCUT2D eigenvalue weighted by Crippen LogP contribution is -2.25. The van der Waals surface area contributed by atoms with Crippen molar-refractivity contribution in [2.75, 3.05) is 26.2 Å². The molecule has 3 rings (SSSR count). The first-order valence-electron chi connectivity index (χ1n) is 8.34. The largest absolute Gasteiger partial charge is 0.492 e. The second-order valence-electron chi connectivity index (χ2n) is 5.30. The fourth-order valence-corrected chi connectivity index (χ4v) is 3.56. The zero-order valence-corrected chi connectivity index (χ0v) is 14.8. The van der Waals surface area contributed by atoms with Gasteiger partial charge in [0.1, 0.15) is 12.4 Å². The number of thiophene rings is 1. The van der Waals surface area contributed by atoms with Crippen molar-refractivity contribution in [2.24, 2.45) is 0 Å². The zero-order chi connectivity index (χ0) is 15.8. The average molecular weight is 317 g/mol. The Morgan fingerprint density at radius 2 is 1.77 bits per heavy atom. The first-order valence-corrected chi connectivity index (χ1v) is 9.15. The van der Waals surface area contributed by atoms with E-state index in [1.165, 1.54) is 41.2 Å². The smallest absolute Gasteiger partial charge is 0.128 e. The third-order valence-electron chi connectivity index (χ3n) is 3.76. The standard InChI is InChI=1S/C17H21NOS.C2H6/c1-14-8-9-17(20-14)15-6-2-3-7-16(15)19-13-12-18-10-4-5-11-18;1-2/h2-3,6-9H,4-5,10-13H2,1H3;1-2H3. The number of ether oxygens (including phenoxy) is 1. The fraction of sp³-hybridized carbons (Fsp3) is 0.474. The lowest BCUT2D eigenvalue weighted by atomic mass is 10.1. The van der Waals surface area contributed by atoms with Crippen molar-refractivity contribution in [1.82, 2.24) is 4.90 Å². The maximum Gasteiger partial charge on any atom is 0.128 e. The van der Waals surface area contributed by atoms with Crippen LogP contribution in [0.3, 0.4) is 0 Å². The monoisotopic (exact) mass is 317 g/mol. The molecule has 22 heavy (non-hydrogen) atoms. The molecule has 0 saturated carbocycles. The first kappa shape index (κ1) is 17.0. The summed E-state index contributed by atoms with van der Waals surface area (Å²) in [7, 11) is 0. The van der Waals surface area contributed by atoms with Gasteiger partial charge in [-0.1, -0.05) is 26.0 Å². The Hall–Kier alpha value is -1.32. The van der Waals surface area contributed by atoms with Gasteiger partial charge in [-0.05, 0) is 57.1 Å². The maximum absolute atomic E-state index is 6.03. The summed E-state index contributed by atoms with van der Waals surface area (Å²) >= 11 is 1.82. The van der Waals surface area contributed by atoms with Crippen LogP contribution in [0.1, 0.15) is 31.6 Å². The number of nitrogens with zero attached hydrogens (tertiary/aromatic N) is 1. The second-order valence-corrected chi connectivity index (χ2v) is 6.59. The first-order chi connectivity index (χ1) is 10.8. The van der Waals surface area contributed by atoms with Gasteiger partial charge < -0.3 is 4.74 Å². The minimum Gasteiger partial charge on any atom is -0.492 e. The van der Waals surface area contributed by atoms with Crippen molar-refractivity contribution >= 4 is 11.3 Å². The van der Waals surface area contributed by atoms with Gasteiger partial charge in [0.25, 0.3) is 0 Å². The predicted octanol–water partition coefficient (Wildman–Crippen LogP) is 5.22. The van der Waals surface area contributed by atoms with Gasteiger partial charge in [0.2, 0.25) is 0 Å². The van der Waals surface area contributed by atoms with Gasteiger partial charge in [-0.3, -0.25) is 4.90 Å². The summed E-state index contributed by atoms with van der Waals surface area (Å²) in [6.45, 7) is 10.4. The van der Waals surface area contributed by atoms with E-state index in [9.17, 15) is 0 Å². The minimum atomic E-state index is 0.779. The molecular formula is C19H27NOS. The normalized spacial score (nSPS) is 14.5. The molecule has 1 aromatic carbocycles. The lowest BCUT2D eigenvalue weighted by molar-refractivity contribution is 0.238. The van der Waals surface area contributed by atoms with E-state index in [1.54, 1.807) is 0 Å². The molecule has 0 bridgehead atoms. The van der Waals surface area contributed by atoms with Gasteiger partial charge in [-0.25, -0.2) is 0 Å². The summed E-state index contributed by atoms with van der Waals surface area (Å²) in [4.78, 5) is 5.11. The molecule has 0 spiro atoms. The highest BCUT2D eigenvalue weighted by molar-refractivity contribution is 7.15. The summed E-state index contributed by atoms with van der Waals surface area (Å²) in [6.07, 6.45) is 2.68. The van der Waals surface area contributed by atoms with Gasteiger partial charge in [0.05, 0.1) is 0 Å². The van der Waals surface area contributed by atoms with E-state index in [2.05, 4.69) is 48.2 Å². The highest BCUT2D eigenvalue weighted by atomic mass is 32.1. The molecule has 0 aliphatic carbocycles. The van der Waals surface area contributed by atoms with Gasteiger partial charge in [-0.2, -0.15) is 0 Å². The van der Waals surface area contributed by atoms with Crippen LogP contribution in [0.15, 0.2) is 36.4 Å². The van der Waals surface area contributed by atoms with E-state index in [0.717, 1.165) is 18.9 Å². The Balaban J connectivity index is 0.000000847. The van der Waals surface area contributed by atoms with E-state index in [-0.39, 0.29) is 0 Å². The molecular weight excluding hydrogens is 290 g/mol. The number of para-hydroxylation sites is 1. The molecule has 2 aromatic rings. The van der Waals surface area contributed by atoms with Crippen LogP contribution in [0.4, 0.5) is 0 Å². The third-order valence-corrected chi connectivity index (χ3v) is 4.79. The number of hydrogen-bond donors (Lipinski definition) is 0. The molecule has 2 nitrogen and oxygen atoms in total. The van der Waals surface area contributed by atoms with E-state index >= 15 is 0 Å². The molecule has 1 aliphatic heterocycles. The summed E-state index contributed by atoms with van der Waals surface area (Å²) in [5.41, 5.74) is 1.21. The van der Waals surface area contributed by atoms with Crippen molar-refractivity contribution in [2.45, 2.75) is 33.6 Å². The maximum atomic E-state index is 6.03. The molecule has 1 fully saturated rings. The molecule has 0 amide bonds. The number of rotatable bonds is 5. The topological polar surface area (TPSA) is 12.5 Å². The summed E-state index contributed by atoms with van der Waals surface area (Å²) in [5.74, 6) is 1.01. The van der Waals surface area contributed by atoms with Crippen molar-refractivity contribution in [1.29, 1.82) is 0 Å². The van der Waals surface area contributed by atoms with Crippen LogP contribution in [0, 0.1) is 6.92 Å². The Bertz CT molecular complexity index is 558. The summed E-state index contributed by atoms with van der Waals surface area (Å²) in [5, 5.41) is 0. The third kappa shape index (κ3) is 4.59. The second kappa shape index (κ2) is 8.96. The molecule has 3 heteroatoms. The molecule has 0 N–H and O–H groups in total. The van der Waals surface area contributed by atoms with E-state index < -0.39 is 0 Å². The minimum absolute atomic E-state index is 0.779. The van der Waals surface area contributed by atoms with E-state index in [0.29, 0.717) is 0 Å². The van der Waals surface area contributed by atoms with Gasteiger partial charge >= 0.3 is 0 Å². The van der Waals surface area contributed by atoms with Crippen LogP contribution < -0.4 is 4.74 Å². The number of likely N-dealkylation sites (tertiary alicyclic amines) is 1. The summed E-state index contributed by atoms with van der Waals surface area (Å²) in [6, 6.07) is 12.7. The Morgan fingerprint density at radius 3 is 2.45 bits per heavy atom.